The zero-order valence-corrected chi connectivity index (χ0v) is 2.76. The van der Waals surface area contributed by atoms with Crippen LogP contribution in [0.3, 0.4) is 0 Å². The number of hydrogen-bond acceptors (Lipinski definition) is 2. The molecule has 0 heterocycles. The molecule has 0 amide bonds. The molecule has 0 aromatic carbocycles. The van der Waals surface area contributed by atoms with E-state index in [2.05, 4.69) is 0 Å². The third-order valence-electron chi connectivity index (χ3n) is 0. The molecule has 3 nitrogen and oxygen atoms in total. The molecule has 0 aliphatic rings. The van der Waals surface area contributed by atoms with Gasteiger partial charge in [0.25, 0.3) is 0 Å². The Morgan fingerprint density at radius 1 is 1.67 bits per heavy atom. The normalized spacial score (nSPS) is 4.17. The fourth-order valence-corrected chi connectivity index (χ4v) is 0. The second-order valence-electron chi connectivity index (χ2n) is 0.492. The van der Waals surface area contributed by atoms with Crippen molar-refractivity contribution < 1.29 is 9.90 Å². The van der Waals surface area contributed by atoms with Crippen molar-refractivity contribution in [2.45, 2.75) is 6.92 Å². The predicted octanol–water partition coefficient (Wildman–Crippen LogP) is -2.37. The van der Waals surface area contributed by atoms with Gasteiger partial charge in [0.2, 0.25) is 0 Å². The predicted molar refractivity (Wildman–Crippen MR) is 20.0 cm³/mol. The van der Waals surface area contributed by atoms with Gasteiger partial charge in [0, 0.05) is 5.97 Å². The van der Waals surface area contributed by atoms with Crippen molar-refractivity contribution in [1.29, 1.82) is 0 Å². The molecule has 0 aliphatic heterocycles. The Hall–Kier alpha value is 0.430. The number of carbonyl (C=O) groups excluding carboxylic acids is 1. The Morgan fingerprint density at radius 3 is 1.67 bits per heavy atom. The standard InChI is InChI=1S/C2H4O2.N.Na.H/c1-2(3)4;;;/h1H3,(H,3,4);;;/q;+1;;/p-1. The van der Waals surface area contributed by atoms with Crippen molar-refractivity contribution in [2.24, 2.45) is 0 Å². The summed E-state index contributed by atoms with van der Waals surface area (Å²) in [6.45, 7) is 0.972. The van der Waals surface area contributed by atoms with Crippen molar-refractivity contribution in [3.05, 3.63) is 0 Å². The summed E-state index contributed by atoms with van der Waals surface area (Å²) >= 11 is 0. The molecule has 4 heteroatoms. The molecule has 0 spiro atoms. The number of rotatable bonds is 0. The van der Waals surface area contributed by atoms with Crippen LogP contribution < -0.4 is 11.3 Å². The summed E-state index contributed by atoms with van der Waals surface area (Å²) in [6, 6.07) is 0. The van der Waals surface area contributed by atoms with Gasteiger partial charge >= 0.3 is 35.7 Å². The molecule has 0 unspecified atom stereocenters. The van der Waals surface area contributed by atoms with Gasteiger partial charge < -0.3 is 9.90 Å². The van der Waals surface area contributed by atoms with Gasteiger partial charge in [-0.2, -0.15) is 0 Å². The Bertz CT molecular complexity index is 34.5. The second-order valence-corrected chi connectivity index (χ2v) is 0.492. The van der Waals surface area contributed by atoms with Gasteiger partial charge in [-0.1, -0.05) is 0 Å². The van der Waals surface area contributed by atoms with E-state index in [9.17, 15) is 0 Å². The Morgan fingerprint density at radius 2 is 1.67 bits per heavy atom. The van der Waals surface area contributed by atoms with Crippen LogP contribution in [-0.2, 0) is 4.79 Å². The summed E-state index contributed by atoms with van der Waals surface area (Å²) in [4.78, 5) is 8.89. The third kappa shape index (κ3) is 282. The van der Waals surface area contributed by atoms with Gasteiger partial charge in [0.05, 0.1) is 0 Å². The average molecular weight is 97.0 g/mol. The van der Waals surface area contributed by atoms with Crippen LogP contribution in [0.2, 0.25) is 0 Å². The van der Waals surface area contributed by atoms with Crippen LogP contribution in [0, 0.1) is 0 Å². The zero-order valence-electron chi connectivity index (χ0n) is 2.76. The first-order chi connectivity index (χ1) is 1.73. The molecule has 0 rings (SSSR count). The van der Waals surface area contributed by atoms with Gasteiger partial charge in [-0.05, 0) is 6.92 Å². The number of carbonyl (C=O) groups is 1. The maximum absolute atomic E-state index is 8.89. The first kappa shape index (κ1) is 16.1. The molecule has 0 aromatic heterocycles. The van der Waals surface area contributed by atoms with E-state index in [1.807, 2.05) is 0 Å². The number of hydrogen-bond donors (Lipinski definition) is 0. The first-order valence-electron chi connectivity index (χ1n) is 0.908. The van der Waals surface area contributed by atoms with E-state index in [-0.39, 0.29) is 35.7 Å². The van der Waals surface area contributed by atoms with Gasteiger partial charge in [0.1, 0.15) is 0 Å². The zero-order chi connectivity index (χ0) is 3.58. The molecule has 0 saturated heterocycles. The van der Waals surface area contributed by atoms with Crippen molar-refractivity contribution >= 4 is 35.5 Å². The number of carboxylic acids is 1. The number of carboxylic acid groups (broad SMARTS) is 1. The molecule has 0 aromatic rings. The summed E-state index contributed by atoms with van der Waals surface area (Å²) in [6.07, 6.45) is 0. The van der Waals surface area contributed by atoms with Crippen LogP contribution in [0.4, 0.5) is 0 Å². The van der Waals surface area contributed by atoms with Crippen LogP contribution in [0.15, 0.2) is 0 Å². The van der Waals surface area contributed by atoms with E-state index >= 15 is 0 Å². The minimum absolute atomic E-state index is 0. The molecule has 0 bridgehead atoms. The summed E-state index contributed by atoms with van der Waals surface area (Å²) in [5.74, 6) is -1.08. The fourth-order valence-electron chi connectivity index (χ4n) is 0. The van der Waals surface area contributed by atoms with Crippen LogP contribution in [0.25, 0.3) is 0 Å². The molecule has 0 aliphatic carbocycles. The Balaban J connectivity index is -0.0000000450. The van der Waals surface area contributed by atoms with E-state index in [1.54, 1.807) is 0 Å². The van der Waals surface area contributed by atoms with Crippen LogP contribution in [0.1, 0.15) is 6.92 Å². The Kier molecular flexibility index (Phi) is 24.3. The van der Waals surface area contributed by atoms with E-state index < -0.39 is 5.97 Å². The molecule has 0 atom stereocenters. The second kappa shape index (κ2) is 9.06. The minimum atomic E-state index is -1.08. The molecular formula is C2H4NNaO2. The van der Waals surface area contributed by atoms with E-state index in [4.69, 9.17) is 9.90 Å². The SMILES string of the molecule is CC(=O)[O-].[N+].[NaH]. The van der Waals surface area contributed by atoms with Crippen molar-refractivity contribution in [2.75, 3.05) is 0 Å². The van der Waals surface area contributed by atoms with Crippen LogP contribution in [-0.4, -0.2) is 35.5 Å². The molecule has 6 heavy (non-hydrogen) atoms. The van der Waals surface area contributed by atoms with E-state index in [0.717, 1.165) is 6.92 Å². The molecule has 0 saturated carbocycles. The third-order valence-corrected chi connectivity index (χ3v) is 0. The van der Waals surface area contributed by atoms with Crippen LogP contribution in [0.5, 0.6) is 0 Å². The molecule has 0 fully saturated rings. The van der Waals surface area contributed by atoms with Crippen molar-refractivity contribution in [1.82, 2.24) is 6.15 Å². The van der Waals surface area contributed by atoms with E-state index in [0.29, 0.717) is 0 Å². The fraction of sp³-hybridized carbons (Fsp3) is 0.500. The number of nitrogens with zero attached hydrogens (tertiary/aromatic N) is 1. The van der Waals surface area contributed by atoms with Crippen molar-refractivity contribution in [3.63, 3.8) is 0 Å². The quantitative estimate of drug-likeness (QED) is 0.317. The summed E-state index contributed by atoms with van der Waals surface area (Å²) in [5, 5.41) is 8.89. The maximum atomic E-state index is 8.89. The summed E-state index contributed by atoms with van der Waals surface area (Å²) in [5.41, 5.74) is 0. The molecule has 30 valence electrons. The van der Waals surface area contributed by atoms with E-state index in [1.165, 1.54) is 0 Å². The van der Waals surface area contributed by atoms with Gasteiger partial charge in [-0.15, -0.1) is 0 Å². The topological polar surface area (TPSA) is 70.6 Å². The summed E-state index contributed by atoms with van der Waals surface area (Å²) in [7, 11) is 0. The first-order valence-corrected chi connectivity index (χ1v) is 0.908. The average Bonchev–Trinajstić information content (AvgIpc) is 0.811. The van der Waals surface area contributed by atoms with Gasteiger partial charge in [0.15, 0.2) is 0 Å². The van der Waals surface area contributed by atoms with Crippen molar-refractivity contribution in [3.8, 4) is 0 Å². The summed E-state index contributed by atoms with van der Waals surface area (Å²) < 4.78 is 0. The number of aliphatic carboxylic acids is 1. The van der Waals surface area contributed by atoms with Crippen LogP contribution >= 0.6 is 0 Å². The van der Waals surface area contributed by atoms with Gasteiger partial charge in [-0.25, -0.2) is 0 Å². The molecule has 0 N–H and O–H groups in total. The molecule has 4 radical (unpaired) electrons. The van der Waals surface area contributed by atoms with Gasteiger partial charge in [-0.3, -0.25) is 0 Å². The molecular weight excluding hydrogens is 93.0 g/mol. The monoisotopic (exact) mass is 97.0 g/mol. The Labute approximate surface area is 58.6 Å².